The number of hydrogen-bond donors (Lipinski definition) is 2. The Kier molecular flexibility index (Phi) is 5.12. The molecule has 3 nitrogen and oxygen atoms in total. The second kappa shape index (κ2) is 6.85. The van der Waals surface area contributed by atoms with E-state index in [4.69, 9.17) is 0 Å². The summed E-state index contributed by atoms with van der Waals surface area (Å²) in [7, 11) is 0.443. The van der Waals surface area contributed by atoms with Crippen LogP contribution in [0.25, 0.3) is 0 Å². The fourth-order valence-corrected chi connectivity index (χ4v) is 2.33. The molecule has 0 bridgehead atoms. The van der Waals surface area contributed by atoms with Crippen molar-refractivity contribution in [3.05, 3.63) is 65.5 Å². The van der Waals surface area contributed by atoms with Gasteiger partial charge in [-0.1, -0.05) is 42.5 Å². The normalized spacial score (nSPS) is 12.5. The van der Waals surface area contributed by atoms with Crippen LogP contribution in [0.15, 0.2) is 48.5 Å². The van der Waals surface area contributed by atoms with Crippen molar-refractivity contribution in [2.75, 3.05) is 7.05 Å². The van der Waals surface area contributed by atoms with E-state index in [0.29, 0.717) is 17.6 Å². The molecule has 0 aromatic heterocycles. The fourth-order valence-electron chi connectivity index (χ4n) is 2.33. The minimum atomic E-state index is -1.47. The van der Waals surface area contributed by atoms with Crippen LogP contribution in [0, 0.1) is 5.82 Å². The van der Waals surface area contributed by atoms with Gasteiger partial charge in [0.2, 0.25) is 0 Å². The van der Waals surface area contributed by atoms with E-state index in [1.165, 1.54) is 6.07 Å². The molecule has 0 aliphatic carbocycles. The summed E-state index contributed by atoms with van der Waals surface area (Å²) in [5.41, 5.74) is 2.06. The Balaban J connectivity index is 2.12. The number of benzene rings is 2. The Morgan fingerprint density at radius 3 is 2.52 bits per heavy atom. The summed E-state index contributed by atoms with van der Waals surface area (Å²) in [6.45, 7) is 2.54. The molecule has 2 aromatic rings. The van der Waals surface area contributed by atoms with Crippen molar-refractivity contribution < 1.29 is 14.4 Å². The maximum absolute atomic E-state index is 13.8. The van der Waals surface area contributed by atoms with Crippen LogP contribution in [0.4, 0.5) is 4.39 Å². The molecule has 0 saturated heterocycles. The third-order valence-electron chi connectivity index (χ3n) is 3.70. The number of nitrogens with zero attached hydrogens (tertiary/aromatic N) is 1. The highest BCUT2D eigenvalue weighted by atomic mass is 19.1. The minimum Gasteiger partial charge on any atom is -0.423 e. The highest BCUT2D eigenvalue weighted by molar-refractivity contribution is 6.58. The van der Waals surface area contributed by atoms with E-state index in [1.54, 1.807) is 30.3 Å². The average molecular weight is 287 g/mol. The SMILES string of the molecule is CC(c1ccccc1F)N(C)Cc1cccc(B(O)O)c1. The Morgan fingerprint density at radius 1 is 1.14 bits per heavy atom. The van der Waals surface area contributed by atoms with Gasteiger partial charge in [-0.05, 0) is 31.1 Å². The molecule has 110 valence electrons. The van der Waals surface area contributed by atoms with Gasteiger partial charge in [-0.3, -0.25) is 4.90 Å². The van der Waals surface area contributed by atoms with Gasteiger partial charge in [-0.2, -0.15) is 0 Å². The lowest BCUT2D eigenvalue weighted by atomic mass is 9.79. The maximum atomic E-state index is 13.8. The van der Waals surface area contributed by atoms with Crippen molar-refractivity contribution in [1.29, 1.82) is 0 Å². The zero-order valence-corrected chi connectivity index (χ0v) is 12.2. The Bertz CT molecular complexity index is 606. The Hall–Kier alpha value is -1.69. The summed E-state index contributed by atoms with van der Waals surface area (Å²) in [5.74, 6) is -0.212. The highest BCUT2D eigenvalue weighted by Crippen LogP contribution is 2.22. The largest absolute Gasteiger partial charge is 0.488 e. The van der Waals surface area contributed by atoms with Gasteiger partial charge in [0.25, 0.3) is 0 Å². The van der Waals surface area contributed by atoms with Crippen LogP contribution in [0.3, 0.4) is 0 Å². The summed E-state index contributed by atoms with van der Waals surface area (Å²) in [5, 5.41) is 18.4. The second-order valence-electron chi connectivity index (χ2n) is 5.23. The summed E-state index contributed by atoms with van der Waals surface area (Å²) >= 11 is 0. The van der Waals surface area contributed by atoms with Crippen molar-refractivity contribution in [2.24, 2.45) is 0 Å². The van der Waals surface area contributed by atoms with Gasteiger partial charge < -0.3 is 10.0 Å². The van der Waals surface area contributed by atoms with E-state index >= 15 is 0 Å². The molecule has 2 aromatic carbocycles. The van der Waals surface area contributed by atoms with Crippen LogP contribution in [-0.2, 0) is 6.54 Å². The molecule has 0 heterocycles. The molecule has 0 saturated carbocycles. The maximum Gasteiger partial charge on any atom is 0.488 e. The molecule has 0 radical (unpaired) electrons. The third-order valence-corrected chi connectivity index (χ3v) is 3.70. The molecule has 2 rings (SSSR count). The molecule has 5 heteroatoms. The van der Waals surface area contributed by atoms with Crippen molar-refractivity contribution in [3.8, 4) is 0 Å². The van der Waals surface area contributed by atoms with Crippen molar-refractivity contribution in [1.82, 2.24) is 4.90 Å². The smallest absolute Gasteiger partial charge is 0.423 e. The first kappa shape index (κ1) is 15.7. The number of halogens is 1. The molecule has 0 spiro atoms. The summed E-state index contributed by atoms with van der Waals surface area (Å²) in [4.78, 5) is 2.02. The van der Waals surface area contributed by atoms with Crippen LogP contribution >= 0.6 is 0 Å². The number of hydrogen-bond acceptors (Lipinski definition) is 3. The molecule has 0 amide bonds. The standard InChI is InChI=1S/C16H19BFNO2/c1-12(15-8-3-4-9-16(15)18)19(2)11-13-6-5-7-14(10-13)17(20)21/h3-10,12,20-21H,11H2,1-2H3. The number of rotatable bonds is 5. The van der Waals surface area contributed by atoms with Crippen LogP contribution in [-0.4, -0.2) is 29.1 Å². The van der Waals surface area contributed by atoms with Gasteiger partial charge in [0.1, 0.15) is 5.82 Å². The molecule has 0 aliphatic heterocycles. The molecule has 0 fully saturated rings. The Morgan fingerprint density at radius 2 is 1.86 bits per heavy atom. The lowest BCUT2D eigenvalue weighted by Crippen LogP contribution is -2.30. The topological polar surface area (TPSA) is 43.7 Å². The predicted octanol–water partition coefficient (Wildman–Crippen LogP) is 1.70. The summed E-state index contributed by atoms with van der Waals surface area (Å²) < 4.78 is 13.8. The van der Waals surface area contributed by atoms with Crippen molar-refractivity contribution in [3.63, 3.8) is 0 Å². The van der Waals surface area contributed by atoms with Crippen LogP contribution in [0.5, 0.6) is 0 Å². The van der Waals surface area contributed by atoms with Gasteiger partial charge in [-0.15, -0.1) is 0 Å². The van der Waals surface area contributed by atoms with Gasteiger partial charge >= 0.3 is 7.12 Å². The molecule has 1 unspecified atom stereocenters. The quantitative estimate of drug-likeness (QED) is 0.823. The van der Waals surface area contributed by atoms with Crippen LogP contribution in [0.1, 0.15) is 24.1 Å². The van der Waals surface area contributed by atoms with E-state index < -0.39 is 7.12 Å². The van der Waals surface area contributed by atoms with E-state index in [9.17, 15) is 14.4 Å². The Labute approximate surface area is 124 Å². The molecule has 2 N–H and O–H groups in total. The molecular weight excluding hydrogens is 268 g/mol. The first-order valence-electron chi connectivity index (χ1n) is 6.88. The molecule has 1 atom stereocenters. The molecule has 21 heavy (non-hydrogen) atoms. The zero-order chi connectivity index (χ0) is 15.4. The van der Waals surface area contributed by atoms with Crippen LogP contribution in [0.2, 0.25) is 0 Å². The van der Waals surface area contributed by atoms with E-state index in [2.05, 4.69) is 0 Å². The van der Waals surface area contributed by atoms with Gasteiger partial charge in [-0.25, -0.2) is 4.39 Å². The second-order valence-corrected chi connectivity index (χ2v) is 5.23. The highest BCUT2D eigenvalue weighted by Gasteiger charge is 2.16. The van der Waals surface area contributed by atoms with Crippen molar-refractivity contribution >= 4 is 12.6 Å². The van der Waals surface area contributed by atoms with Gasteiger partial charge in [0, 0.05) is 18.2 Å². The first-order valence-corrected chi connectivity index (χ1v) is 6.88. The average Bonchev–Trinajstić information content (AvgIpc) is 2.47. The lowest BCUT2D eigenvalue weighted by Gasteiger charge is -2.25. The monoisotopic (exact) mass is 287 g/mol. The fraction of sp³-hybridized carbons (Fsp3) is 0.250. The van der Waals surface area contributed by atoms with E-state index in [1.807, 2.05) is 31.0 Å². The zero-order valence-electron chi connectivity index (χ0n) is 12.2. The first-order chi connectivity index (χ1) is 9.99. The van der Waals surface area contributed by atoms with Gasteiger partial charge in [0.05, 0.1) is 0 Å². The van der Waals surface area contributed by atoms with Crippen molar-refractivity contribution in [2.45, 2.75) is 19.5 Å². The van der Waals surface area contributed by atoms with E-state index in [-0.39, 0.29) is 11.9 Å². The molecule has 0 aliphatic rings. The van der Waals surface area contributed by atoms with Gasteiger partial charge in [0.15, 0.2) is 0 Å². The summed E-state index contributed by atoms with van der Waals surface area (Å²) in [6.07, 6.45) is 0. The minimum absolute atomic E-state index is 0.0751. The predicted molar refractivity (Wildman–Crippen MR) is 82.5 cm³/mol. The van der Waals surface area contributed by atoms with E-state index in [0.717, 1.165) is 5.56 Å². The lowest BCUT2D eigenvalue weighted by molar-refractivity contribution is 0.248. The third kappa shape index (κ3) is 3.91. The summed E-state index contributed by atoms with van der Waals surface area (Å²) in [6, 6.07) is 13.8. The van der Waals surface area contributed by atoms with Crippen LogP contribution < -0.4 is 5.46 Å². The molecular formula is C16H19BFNO2.